The molecule has 43 heavy (non-hydrogen) atoms. The van der Waals surface area contributed by atoms with Crippen LogP contribution in [0.2, 0.25) is 0 Å². The molecule has 8 heteroatoms. The summed E-state index contributed by atoms with van der Waals surface area (Å²) in [4.78, 5) is 43.8. The minimum atomic E-state index is -0.753. The average Bonchev–Trinajstić information content (AvgIpc) is 3.43. The maximum absolute atomic E-state index is 14.4. The van der Waals surface area contributed by atoms with Crippen LogP contribution in [0.15, 0.2) is 72.8 Å². The molecule has 3 aromatic rings. The van der Waals surface area contributed by atoms with E-state index in [2.05, 4.69) is 34.9 Å². The predicted molar refractivity (Wildman–Crippen MR) is 175 cm³/mol. The van der Waals surface area contributed by atoms with Gasteiger partial charge in [0.05, 0.1) is 10.2 Å². The molecule has 0 aromatic heterocycles. The van der Waals surface area contributed by atoms with Gasteiger partial charge >= 0.3 is 0 Å². The molecule has 7 nitrogen and oxygen atoms in total. The number of rotatable bonds is 10. The maximum Gasteiger partial charge on any atom is 0.245 e. The normalized spacial score (nSPS) is 24.4. The first-order chi connectivity index (χ1) is 20.8. The number of piperidine rings is 1. The van der Waals surface area contributed by atoms with Crippen molar-refractivity contribution in [1.29, 1.82) is 0 Å². The summed E-state index contributed by atoms with van der Waals surface area (Å²) in [6, 6.07) is 23.6. The summed E-state index contributed by atoms with van der Waals surface area (Å²) < 4.78 is -0.638. The zero-order valence-corrected chi connectivity index (χ0v) is 26.1. The van der Waals surface area contributed by atoms with E-state index in [0.717, 1.165) is 34.7 Å². The molecule has 1 aliphatic carbocycles. The lowest BCUT2D eigenvalue weighted by Gasteiger charge is -2.43. The molecule has 1 heterocycles. The first-order valence-corrected chi connectivity index (χ1v) is 16.7. The maximum atomic E-state index is 14.4. The van der Waals surface area contributed by atoms with Gasteiger partial charge in [0.25, 0.3) is 0 Å². The summed E-state index contributed by atoms with van der Waals surface area (Å²) in [5.74, 6) is -0.280. The van der Waals surface area contributed by atoms with Gasteiger partial charge in [-0.1, -0.05) is 72.8 Å². The number of nitrogens with one attached hydrogen (secondary N) is 2. The number of hydrogen-bond donors (Lipinski definition) is 3. The third kappa shape index (κ3) is 6.91. The van der Waals surface area contributed by atoms with Crippen LogP contribution in [0.25, 0.3) is 10.8 Å². The van der Waals surface area contributed by atoms with E-state index in [1.807, 2.05) is 66.6 Å². The number of nitrogens with zero attached hydrogens (tertiary/aromatic N) is 1. The fraction of sp³-hybridized carbons (Fsp3) is 0.457. The van der Waals surface area contributed by atoms with Crippen molar-refractivity contribution in [2.45, 2.75) is 68.7 Å². The molecule has 1 saturated heterocycles. The molecule has 4 N–H and O–H groups in total. The van der Waals surface area contributed by atoms with Crippen LogP contribution in [-0.2, 0) is 27.2 Å². The van der Waals surface area contributed by atoms with E-state index in [1.165, 1.54) is 11.8 Å². The van der Waals surface area contributed by atoms with E-state index in [4.69, 9.17) is 5.73 Å². The van der Waals surface area contributed by atoms with Crippen molar-refractivity contribution >= 4 is 40.3 Å². The number of benzene rings is 3. The number of fused-ring (bicyclic) bond motifs is 1. The Hall–Kier alpha value is -3.36. The molecule has 0 bridgehead atoms. The van der Waals surface area contributed by atoms with Crippen LogP contribution < -0.4 is 16.4 Å². The molecule has 1 aliphatic heterocycles. The standard InChI is InChI=1S/C35H44N4O3S/c1-3-37-32(41)34(22-25-10-5-4-6-11-25)17-9-19-39(24-34)31(40)30(38-33(42)35(43-2)18-16-29(36)23-35)21-26-14-15-27-12-7-8-13-28(27)20-26/h4-8,10-15,20,29-30H,3,9,16-19,21-24,36H2,1-2H3,(H,37,41)(H,38,42)/t29?,30-,34+,35?/m1/s1. The molecular weight excluding hydrogens is 556 g/mol. The lowest BCUT2D eigenvalue weighted by atomic mass is 9.74. The summed E-state index contributed by atoms with van der Waals surface area (Å²) in [5.41, 5.74) is 7.57. The zero-order valence-electron chi connectivity index (χ0n) is 25.3. The van der Waals surface area contributed by atoms with Gasteiger partial charge in [-0.25, -0.2) is 0 Å². The molecular formula is C35H44N4O3S. The van der Waals surface area contributed by atoms with E-state index in [0.29, 0.717) is 51.7 Å². The highest BCUT2D eigenvalue weighted by Crippen LogP contribution is 2.40. The van der Waals surface area contributed by atoms with Crippen molar-refractivity contribution in [3.63, 3.8) is 0 Å². The topological polar surface area (TPSA) is 105 Å². The highest BCUT2D eigenvalue weighted by Gasteiger charge is 2.47. The number of amides is 3. The molecule has 0 radical (unpaired) electrons. The Morgan fingerprint density at radius 1 is 0.977 bits per heavy atom. The van der Waals surface area contributed by atoms with Crippen molar-refractivity contribution in [3.8, 4) is 0 Å². The SMILES string of the molecule is CCNC(=O)[C@]1(Cc2ccccc2)CCCN(C(=O)[C@@H](Cc2ccc3ccccc3c2)NC(=O)C2(SC)CCC(N)C2)C1. The second kappa shape index (κ2) is 13.5. The Balaban J connectivity index is 1.44. The van der Waals surface area contributed by atoms with E-state index in [1.54, 1.807) is 0 Å². The number of carbonyl (C=O) groups excluding carboxylic acids is 3. The number of thioether (sulfide) groups is 1. The largest absolute Gasteiger partial charge is 0.356 e. The monoisotopic (exact) mass is 600 g/mol. The van der Waals surface area contributed by atoms with Crippen molar-refractivity contribution in [3.05, 3.63) is 83.9 Å². The van der Waals surface area contributed by atoms with Crippen LogP contribution >= 0.6 is 11.8 Å². The van der Waals surface area contributed by atoms with Crippen LogP contribution in [0, 0.1) is 5.41 Å². The van der Waals surface area contributed by atoms with Gasteiger partial charge in [0.1, 0.15) is 6.04 Å². The molecule has 4 atom stereocenters. The van der Waals surface area contributed by atoms with Crippen molar-refractivity contribution in [2.24, 2.45) is 11.1 Å². The number of hydrogen-bond acceptors (Lipinski definition) is 5. The number of carbonyl (C=O) groups is 3. The third-order valence-corrected chi connectivity index (χ3v) is 10.6. The minimum absolute atomic E-state index is 0.0206. The quantitative estimate of drug-likeness (QED) is 0.319. The van der Waals surface area contributed by atoms with Crippen LogP contribution in [0.3, 0.4) is 0 Å². The first-order valence-electron chi connectivity index (χ1n) is 15.5. The Morgan fingerprint density at radius 3 is 2.42 bits per heavy atom. The first kappa shape index (κ1) is 31.1. The minimum Gasteiger partial charge on any atom is -0.356 e. The van der Waals surface area contributed by atoms with Gasteiger partial charge in [0.2, 0.25) is 17.7 Å². The van der Waals surface area contributed by atoms with E-state index in [-0.39, 0.29) is 23.8 Å². The average molecular weight is 601 g/mol. The number of likely N-dealkylation sites (tertiary alicyclic amines) is 1. The fourth-order valence-corrected chi connectivity index (χ4v) is 7.85. The fourth-order valence-electron chi connectivity index (χ4n) is 6.91. The molecule has 2 unspecified atom stereocenters. The van der Waals surface area contributed by atoms with Crippen molar-refractivity contribution in [2.75, 3.05) is 25.9 Å². The van der Waals surface area contributed by atoms with Gasteiger partial charge in [-0.15, -0.1) is 11.8 Å². The highest BCUT2D eigenvalue weighted by atomic mass is 32.2. The Labute approximate surface area is 259 Å². The zero-order chi connectivity index (χ0) is 30.5. The molecule has 228 valence electrons. The van der Waals surface area contributed by atoms with E-state index >= 15 is 0 Å². The molecule has 3 aromatic carbocycles. The van der Waals surface area contributed by atoms with Gasteiger partial charge in [0.15, 0.2) is 0 Å². The third-order valence-electron chi connectivity index (χ3n) is 9.27. The second-order valence-corrected chi connectivity index (χ2v) is 13.5. The van der Waals surface area contributed by atoms with Gasteiger partial charge < -0.3 is 21.3 Å². The molecule has 2 fully saturated rings. The lowest BCUT2D eigenvalue weighted by molar-refractivity contribution is -0.144. The van der Waals surface area contributed by atoms with Crippen LogP contribution in [0.1, 0.15) is 50.2 Å². The second-order valence-electron chi connectivity index (χ2n) is 12.3. The molecule has 1 saturated carbocycles. The molecule has 2 aliphatic rings. The summed E-state index contributed by atoms with van der Waals surface area (Å²) in [6.07, 6.45) is 6.37. The number of nitrogens with two attached hydrogens (primary N) is 1. The molecule has 5 rings (SSSR count). The smallest absolute Gasteiger partial charge is 0.245 e. The Morgan fingerprint density at radius 2 is 1.72 bits per heavy atom. The Kier molecular flexibility index (Phi) is 9.77. The van der Waals surface area contributed by atoms with Gasteiger partial charge in [-0.2, -0.15) is 0 Å². The van der Waals surface area contributed by atoms with Crippen molar-refractivity contribution < 1.29 is 14.4 Å². The summed E-state index contributed by atoms with van der Waals surface area (Å²) in [6.45, 7) is 3.32. The van der Waals surface area contributed by atoms with E-state index < -0.39 is 16.2 Å². The highest BCUT2D eigenvalue weighted by molar-refractivity contribution is 8.00. The van der Waals surface area contributed by atoms with Gasteiger partial charge in [-0.3, -0.25) is 14.4 Å². The predicted octanol–water partition coefficient (Wildman–Crippen LogP) is 4.47. The van der Waals surface area contributed by atoms with Crippen LogP contribution in [-0.4, -0.2) is 65.3 Å². The molecule has 3 amide bonds. The molecule has 0 spiro atoms. The summed E-state index contributed by atoms with van der Waals surface area (Å²) in [7, 11) is 0. The van der Waals surface area contributed by atoms with Crippen molar-refractivity contribution in [1.82, 2.24) is 15.5 Å². The van der Waals surface area contributed by atoms with Crippen LogP contribution in [0.5, 0.6) is 0 Å². The van der Waals surface area contributed by atoms with Crippen LogP contribution in [0.4, 0.5) is 0 Å². The van der Waals surface area contributed by atoms with Gasteiger partial charge in [0, 0.05) is 32.1 Å². The van der Waals surface area contributed by atoms with E-state index in [9.17, 15) is 14.4 Å². The summed E-state index contributed by atoms with van der Waals surface area (Å²) >= 11 is 1.53. The summed E-state index contributed by atoms with van der Waals surface area (Å²) in [5, 5.41) is 8.46. The lowest BCUT2D eigenvalue weighted by Crippen LogP contribution is -2.59. The Bertz CT molecular complexity index is 1450. The van der Waals surface area contributed by atoms with Gasteiger partial charge in [-0.05, 0) is 73.6 Å².